The van der Waals surface area contributed by atoms with E-state index in [1.807, 2.05) is 13.8 Å². The minimum absolute atomic E-state index is 0.0264. The Morgan fingerprint density at radius 2 is 1.57 bits per heavy atom. The SMILES string of the molecule is C=C(CCCCCCCCCCC(=O)NCCCC(NC(C)(C)CO)=C1CC1)NCCN1C(=C)CCC1=C1CCC1.CC(C)CCN(N)/C=C(\N)CC1CCCC(CO)O1. The van der Waals surface area contributed by atoms with Crippen molar-refractivity contribution in [2.24, 2.45) is 17.5 Å². The highest BCUT2D eigenvalue weighted by molar-refractivity contribution is 5.75. The van der Waals surface area contributed by atoms with Crippen LogP contribution in [0.25, 0.3) is 0 Å². The first kappa shape index (κ1) is 51.4. The van der Waals surface area contributed by atoms with E-state index >= 15 is 0 Å². The summed E-state index contributed by atoms with van der Waals surface area (Å²) in [7, 11) is 0. The van der Waals surface area contributed by atoms with Crippen LogP contribution in [-0.4, -0.2) is 83.2 Å². The number of hydrogen-bond acceptors (Lipinski definition) is 10. The minimum Gasteiger partial charge on any atom is -0.401 e. The predicted octanol–water partition coefficient (Wildman–Crippen LogP) is 8.67. The molecule has 2 heterocycles. The van der Waals surface area contributed by atoms with Crippen LogP contribution in [0.1, 0.15) is 182 Å². The lowest BCUT2D eigenvalue weighted by Gasteiger charge is -2.29. The van der Waals surface area contributed by atoms with Crippen LogP contribution in [0.2, 0.25) is 0 Å². The average Bonchev–Trinajstić information content (AvgIpc) is 3.99. The zero-order chi connectivity index (χ0) is 43.8. The first-order valence-electron chi connectivity index (χ1n) is 24.0. The number of allylic oxidation sites excluding steroid dienone is 6. The van der Waals surface area contributed by atoms with Crippen molar-refractivity contribution in [2.45, 2.75) is 200 Å². The molecule has 2 aliphatic carbocycles. The molecule has 0 aromatic heterocycles. The molecular formula is C49H89N7O4. The van der Waals surface area contributed by atoms with Gasteiger partial charge in [0, 0.05) is 73.7 Å². The maximum absolute atomic E-state index is 12.2. The Morgan fingerprint density at radius 3 is 2.18 bits per heavy atom. The van der Waals surface area contributed by atoms with Gasteiger partial charge < -0.3 is 46.5 Å². The first-order chi connectivity index (χ1) is 28.8. The van der Waals surface area contributed by atoms with Gasteiger partial charge in [0.15, 0.2) is 0 Å². The molecule has 0 spiro atoms. The molecule has 2 atom stereocenters. The van der Waals surface area contributed by atoms with Crippen LogP contribution in [0.5, 0.6) is 0 Å². The van der Waals surface area contributed by atoms with Crippen molar-refractivity contribution in [1.29, 1.82) is 0 Å². The molecule has 0 aromatic rings. The molecule has 4 aliphatic rings. The zero-order valence-corrected chi connectivity index (χ0v) is 38.7. The predicted molar refractivity (Wildman–Crippen MR) is 249 cm³/mol. The second kappa shape index (κ2) is 28.6. The molecular weight excluding hydrogens is 751 g/mol. The summed E-state index contributed by atoms with van der Waals surface area (Å²) < 4.78 is 5.76. The standard InChI is InChI=1S/C35H60N4O2.C14H29N3O2/c1-28(36-25-26-39-29(2)20-23-33(39)31-16-13-17-31)15-11-9-7-5-6-8-10-12-19-34(41)37-24-14-18-32(30-21-22-30)38-35(3,4)27-40;1-11(2)6-7-17(16)9-12(15)8-13-4-3-5-14(10-18)19-13/h36,38,40H,1-2,5-27H2,3-4H3,(H,37,41);9,11,13-14,18H,3-8,10,15-16H2,1-2H3/b;12-9-. The van der Waals surface area contributed by atoms with E-state index in [2.05, 4.69) is 47.9 Å². The van der Waals surface area contributed by atoms with Crippen LogP contribution in [0, 0.1) is 5.92 Å². The van der Waals surface area contributed by atoms with Gasteiger partial charge >= 0.3 is 0 Å². The van der Waals surface area contributed by atoms with E-state index < -0.39 is 0 Å². The summed E-state index contributed by atoms with van der Waals surface area (Å²) in [5, 5.41) is 30.4. The molecule has 0 radical (unpaired) electrons. The fraction of sp³-hybridized carbons (Fsp3) is 0.776. The largest absolute Gasteiger partial charge is 0.401 e. The topological polar surface area (TPSA) is 161 Å². The van der Waals surface area contributed by atoms with E-state index in [9.17, 15) is 9.90 Å². The normalized spacial score (nSPS) is 19.2. The van der Waals surface area contributed by atoms with Gasteiger partial charge in [-0.15, -0.1) is 0 Å². The molecule has 0 bridgehead atoms. The van der Waals surface area contributed by atoms with Gasteiger partial charge in [-0.2, -0.15) is 0 Å². The number of aliphatic hydroxyl groups excluding tert-OH is 2. The number of unbranched alkanes of at least 4 members (excludes halogenated alkanes) is 7. The highest BCUT2D eigenvalue weighted by atomic mass is 16.5. The Balaban J connectivity index is 0.000000423. The van der Waals surface area contributed by atoms with E-state index in [1.165, 1.54) is 99.7 Å². The molecule has 1 amide bonds. The first-order valence-corrected chi connectivity index (χ1v) is 24.0. The van der Waals surface area contributed by atoms with Crippen molar-refractivity contribution in [3.63, 3.8) is 0 Å². The summed E-state index contributed by atoms with van der Waals surface area (Å²) in [4.78, 5) is 14.6. The molecule has 2 saturated carbocycles. The van der Waals surface area contributed by atoms with E-state index in [4.69, 9.17) is 21.4 Å². The molecule has 0 aromatic carbocycles. The number of likely N-dealkylation sites (tertiary alicyclic amines) is 1. The number of carbonyl (C=O) groups excluding carboxylic acids is 1. The van der Waals surface area contributed by atoms with Crippen LogP contribution in [-0.2, 0) is 9.53 Å². The van der Waals surface area contributed by atoms with Crippen LogP contribution < -0.4 is 27.5 Å². The molecule has 4 rings (SSSR count). The molecule has 4 fully saturated rings. The van der Waals surface area contributed by atoms with Gasteiger partial charge in [0.1, 0.15) is 0 Å². The molecule has 11 heteroatoms. The fourth-order valence-electron chi connectivity index (χ4n) is 8.13. The Kier molecular flexibility index (Phi) is 24.5. The van der Waals surface area contributed by atoms with Gasteiger partial charge in [-0.1, -0.05) is 76.7 Å². The highest BCUT2D eigenvalue weighted by Crippen LogP contribution is 2.38. The third kappa shape index (κ3) is 21.7. The monoisotopic (exact) mass is 840 g/mol. The van der Waals surface area contributed by atoms with Crippen LogP contribution in [0.3, 0.4) is 0 Å². The average molecular weight is 840 g/mol. The second-order valence-electron chi connectivity index (χ2n) is 19.0. The Bertz CT molecular complexity index is 1380. The maximum atomic E-state index is 12.2. The molecule has 2 unspecified atom stereocenters. The number of ether oxygens (including phenoxy) is 1. The lowest BCUT2D eigenvalue weighted by Crippen LogP contribution is -2.42. The third-order valence-electron chi connectivity index (χ3n) is 12.2. The number of aliphatic hydroxyl groups is 2. The summed E-state index contributed by atoms with van der Waals surface area (Å²) in [6.07, 6.45) is 28.5. The quantitative estimate of drug-likeness (QED) is 0.0221. The number of hydrogen-bond donors (Lipinski definition) is 7. The van der Waals surface area contributed by atoms with Gasteiger partial charge in [0.2, 0.25) is 5.91 Å². The smallest absolute Gasteiger partial charge is 0.219 e. The van der Waals surface area contributed by atoms with E-state index in [0.717, 1.165) is 96.1 Å². The summed E-state index contributed by atoms with van der Waals surface area (Å²) in [6.45, 7) is 20.6. The number of amides is 1. The lowest BCUT2D eigenvalue weighted by molar-refractivity contribution is -0.121. The third-order valence-corrected chi connectivity index (χ3v) is 12.2. The number of nitrogens with one attached hydrogen (secondary N) is 3. The van der Waals surface area contributed by atoms with Crippen LogP contribution in [0.15, 0.2) is 59.0 Å². The van der Waals surface area contributed by atoms with Crippen LogP contribution >= 0.6 is 0 Å². The fourth-order valence-corrected chi connectivity index (χ4v) is 8.13. The van der Waals surface area contributed by atoms with Crippen molar-refractivity contribution in [3.8, 4) is 0 Å². The van der Waals surface area contributed by atoms with Crippen molar-refractivity contribution < 1.29 is 19.7 Å². The minimum atomic E-state index is -0.290. The molecule has 2 aliphatic heterocycles. The van der Waals surface area contributed by atoms with Gasteiger partial charge in [-0.05, 0) is 122 Å². The van der Waals surface area contributed by atoms with Gasteiger partial charge in [0.25, 0.3) is 0 Å². The summed E-state index contributed by atoms with van der Waals surface area (Å²) in [6, 6.07) is 0. The number of hydrazine groups is 1. The van der Waals surface area contributed by atoms with E-state index in [-0.39, 0.29) is 36.9 Å². The summed E-state index contributed by atoms with van der Waals surface area (Å²) >= 11 is 0. The van der Waals surface area contributed by atoms with Gasteiger partial charge in [-0.25, -0.2) is 5.84 Å². The van der Waals surface area contributed by atoms with Crippen molar-refractivity contribution in [1.82, 2.24) is 25.9 Å². The second-order valence-corrected chi connectivity index (χ2v) is 19.0. The lowest BCUT2D eigenvalue weighted by atomic mass is 9.90. The number of nitrogens with zero attached hydrogens (tertiary/aromatic N) is 2. The van der Waals surface area contributed by atoms with Crippen molar-refractivity contribution in [2.75, 3.05) is 39.4 Å². The summed E-state index contributed by atoms with van der Waals surface area (Å²) in [5.41, 5.74) is 14.9. The van der Waals surface area contributed by atoms with Gasteiger partial charge in [-0.3, -0.25) is 4.79 Å². The summed E-state index contributed by atoms with van der Waals surface area (Å²) in [5.74, 6) is 6.69. The number of rotatable bonds is 29. The molecule has 2 saturated heterocycles. The Hall–Kier alpha value is -2.99. The zero-order valence-electron chi connectivity index (χ0n) is 38.7. The molecule has 9 N–H and O–H groups in total. The van der Waals surface area contributed by atoms with Gasteiger partial charge in [0.05, 0.1) is 31.0 Å². The Labute approximate surface area is 365 Å². The molecule has 60 heavy (non-hydrogen) atoms. The van der Waals surface area contributed by atoms with E-state index in [1.54, 1.807) is 22.5 Å². The van der Waals surface area contributed by atoms with E-state index in [0.29, 0.717) is 18.8 Å². The molecule has 11 nitrogen and oxygen atoms in total. The Morgan fingerprint density at radius 1 is 0.900 bits per heavy atom. The highest BCUT2D eigenvalue weighted by Gasteiger charge is 2.27. The number of nitrogens with two attached hydrogens (primary N) is 2. The van der Waals surface area contributed by atoms with Crippen molar-refractivity contribution >= 4 is 5.91 Å². The number of carbonyl (C=O) groups is 1. The maximum Gasteiger partial charge on any atom is 0.219 e. The van der Waals surface area contributed by atoms with Crippen molar-refractivity contribution in [3.05, 3.63) is 59.0 Å². The molecule has 344 valence electrons. The van der Waals surface area contributed by atoms with Crippen LogP contribution in [0.4, 0.5) is 0 Å².